The zero-order valence-electron chi connectivity index (χ0n) is 30.3. The summed E-state index contributed by atoms with van der Waals surface area (Å²) < 4.78 is 36.5. The van der Waals surface area contributed by atoms with Gasteiger partial charge in [-0.2, -0.15) is 0 Å². The highest BCUT2D eigenvalue weighted by Crippen LogP contribution is 2.34. The zero-order chi connectivity index (χ0) is 35.0. The van der Waals surface area contributed by atoms with Crippen LogP contribution in [0.1, 0.15) is 107 Å². The van der Waals surface area contributed by atoms with Crippen LogP contribution in [-0.4, -0.2) is 72.4 Å². The third-order valence-electron chi connectivity index (χ3n) is 10.3. The van der Waals surface area contributed by atoms with E-state index in [4.69, 9.17) is 28.4 Å². The highest BCUT2D eigenvalue weighted by molar-refractivity contribution is 5.83. The van der Waals surface area contributed by atoms with Crippen LogP contribution in [0.25, 0.3) is 0 Å². The molecule has 270 valence electrons. The molecule has 1 N–H and O–H groups in total. The lowest BCUT2D eigenvalue weighted by Gasteiger charge is -2.41. The van der Waals surface area contributed by atoms with E-state index in [9.17, 15) is 14.7 Å². The molecule has 4 rings (SSSR count). The summed E-state index contributed by atoms with van der Waals surface area (Å²) in [5.41, 5.74) is 2.41. The van der Waals surface area contributed by atoms with Crippen LogP contribution in [0.3, 0.4) is 0 Å². The van der Waals surface area contributed by atoms with Crippen LogP contribution in [0.2, 0.25) is 0 Å². The van der Waals surface area contributed by atoms with Crippen LogP contribution in [0.5, 0.6) is 0 Å². The Morgan fingerprint density at radius 1 is 0.979 bits per heavy atom. The fourth-order valence-electron chi connectivity index (χ4n) is 7.23. The molecule has 48 heavy (non-hydrogen) atoms. The van der Waals surface area contributed by atoms with Crippen molar-refractivity contribution in [1.29, 1.82) is 0 Å². The Hall–Kier alpha value is -2.30. The summed E-state index contributed by atoms with van der Waals surface area (Å²) in [4.78, 5) is 23.9. The summed E-state index contributed by atoms with van der Waals surface area (Å²) in [7, 11) is 0. The molecular formula is C39H60O9. The number of cyclic esters (lactones) is 2. The molecule has 4 aliphatic rings. The first kappa shape index (κ1) is 38.5. The van der Waals surface area contributed by atoms with Crippen molar-refractivity contribution in [2.24, 2.45) is 23.7 Å². The van der Waals surface area contributed by atoms with Gasteiger partial charge in [0, 0.05) is 37.2 Å². The molecule has 0 saturated carbocycles. The summed E-state index contributed by atoms with van der Waals surface area (Å²) in [6, 6.07) is 0. The molecule has 0 radical (unpaired) electrons. The Balaban J connectivity index is 1.36. The van der Waals surface area contributed by atoms with E-state index in [-0.39, 0.29) is 72.6 Å². The van der Waals surface area contributed by atoms with Gasteiger partial charge in [-0.15, -0.1) is 0 Å². The van der Waals surface area contributed by atoms with Crippen molar-refractivity contribution in [3.63, 3.8) is 0 Å². The molecule has 0 spiro atoms. The standard InChI is InChI=1S/C39H60O9/c1-23(9-14-32-26(4)11-17-35(41)45-32)21-25(3)22-24(2)10-15-33(28(6)39-27(5)12-18-36(42)48-39)46-38-20-16-34(30(8)44-38)47-37-19-13-31(40)29(7)43-37/h9-11,14,17,22-23,26-34,37-40H,12-13,15-16,18-21H2,1-8H3. The van der Waals surface area contributed by atoms with Crippen molar-refractivity contribution in [3.05, 3.63) is 47.6 Å². The van der Waals surface area contributed by atoms with Gasteiger partial charge in [-0.1, -0.05) is 63.1 Å². The number of rotatable bonds is 13. The molecule has 3 fully saturated rings. The second kappa shape index (κ2) is 18.1. The summed E-state index contributed by atoms with van der Waals surface area (Å²) in [5.74, 6) is 0.262. The van der Waals surface area contributed by atoms with E-state index in [0.717, 1.165) is 24.8 Å². The molecule has 0 aromatic carbocycles. The van der Waals surface area contributed by atoms with Crippen LogP contribution in [-0.2, 0) is 38.0 Å². The Morgan fingerprint density at radius 3 is 2.44 bits per heavy atom. The Morgan fingerprint density at radius 2 is 1.71 bits per heavy atom. The Labute approximate surface area is 288 Å². The smallest absolute Gasteiger partial charge is 0.331 e. The number of allylic oxidation sites excluding steroid dienone is 4. The minimum atomic E-state index is -0.451. The molecule has 0 bridgehead atoms. The maximum atomic E-state index is 12.3. The van der Waals surface area contributed by atoms with Gasteiger partial charge in [-0.25, -0.2) is 4.79 Å². The minimum absolute atomic E-state index is 0.0221. The quantitative estimate of drug-likeness (QED) is 0.124. The fourth-order valence-corrected chi connectivity index (χ4v) is 7.23. The zero-order valence-corrected chi connectivity index (χ0v) is 30.3. The topological polar surface area (TPSA) is 110 Å². The summed E-state index contributed by atoms with van der Waals surface area (Å²) in [5, 5.41) is 10.00. The fraction of sp³-hybridized carbons (Fsp3) is 0.744. The maximum Gasteiger partial charge on any atom is 0.331 e. The maximum absolute atomic E-state index is 12.3. The first-order valence-corrected chi connectivity index (χ1v) is 18.2. The van der Waals surface area contributed by atoms with Gasteiger partial charge in [0.2, 0.25) is 0 Å². The van der Waals surface area contributed by atoms with Crippen LogP contribution in [0, 0.1) is 23.7 Å². The lowest BCUT2D eigenvalue weighted by Crippen LogP contribution is -2.47. The number of aliphatic hydroxyl groups excluding tert-OH is 1. The summed E-state index contributed by atoms with van der Waals surface area (Å²) in [6.07, 6.45) is 15.2. The largest absolute Gasteiger partial charge is 0.462 e. The van der Waals surface area contributed by atoms with Crippen molar-refractivity contribution >= 4 is 11.9 Å². The van der Waals surface area contributed by atoms with Crippen molar-refractivity contribution in [2.75, 3.05) is 0 Å². The van der Waals surface area contributed by atoms with Crippen LogP contribution < -0.4 is 0 Å². The van der Waals surface area contributed by atoms with Gasteiger partial charge in [-0.05, 0) is 77.7 Å². The van der Waals surface area contributed by atoms with Crippen LogP contribution in [0.4, 0.5) is 0 Å². The number of esters is 2. The van der Waals surface area contributed by atoms with Crippen molar-refractivity contribution in [2.45, 2.75) is 162 Å². The summed E-state index contributed by atoms with van der Waals surface area (Å²) >= 11 is 0. The lowest BCUT2D eigenvalue weighted by atomic mass is 9.83. The number of hydrogen-bond acceptors (Lipinski definition) is 9. The van der Waals surface area contributed by atoms with E-state index in [1.165, 1.54) is 11.6 Å². The summed E-state index contributed by atoms with van der Waals surface area (Å²) in [6.45, 7) is 16.6. The molecular weight excluding hydrogens is 612 g/mol. The molecule has 9 nitrogen and oxygen atoms in total. The highest BCUT2D eigenvalue weighted by Gasteiger charge is 2.39. The lowest BCUT2D eigenvalue weighted by molar-refractivity contribution is -0.290. The average Bonchev–Trinajstić information content (AvgIpc) is 3.03. The predicted octanol–water partition coefficient (Wildman–Crippen LogP) is 7.13. The third kappa shape index (κ3) is 11.4. The molecule has 0 aliphatic carbocycles. The van der Waals surface area contributed by atoms with Crippen LogP contribution >= 0.6 is 0 Å². The molecule has 0 amide bonds. The average molecular weight is 673 g/mol. The van der Waals surface area contributed by atoms with E-state index in [0.29, 0.717) is 38.0 Å². The first-order valence-electron chi connectivity index (χ1n) is 18.2. The van der Waals surface area contributed by atoms with E-state index in [2.05, 4.69) is 52.8 Å². The molecule has 0 aromatic heterocycles. The van der Waals surface area contributed by atoms with Gasteiger partial charge in [0.05, 0.1) is 30.5 Å². The van der Waals surface area contributed by atoms with E-state index in [1.807, 2.05) is 32.9 Å². The third-order valence-corrected chi connectivity index (χ3v) is 10.3. The van der Waals surface area contributed by atoms with Crippen molar-refractivity contribution in [1.82, 2.24) is 0 Å². The first-order chi connectivity index (χ1) is 22.8. The van der Waals surface area contributed by atoms with Crippen LogP contribution in [0.15, 0.2) is 47.6 Å². The predicted molar refractivity (Wildman–Crippen MR) is 184 cm³/mol. The van der Waals surface area contributed by atoms with Crippen molar-refractivity contribution < 1.29 is 43.1 Å². The number of aliphatic hydroxyl groups is 1. The normalized spacial score (nSPS) is 37.2. The SMILES string of the molecule is CC(=CCC(OC1CCC(OC2CCC(O)C(C)O2)C(C)O1)C(C)C1OC(=O)CCC1C)C=C(C)CC(C)C=CC1OC(=O)C=CC1C. The second-order valence-electron chi connectivity index (χ2n) is 14.8. The number of carbonyl (C=O) groups excluding carboxylic acids is 2. The molecule has 4 heterocycles. The van der Waals surface area contributed by atoms with Gasteiger partial charge in [-0.3, -0.25) is 4.79 Å². The molecule has 13 unspecified atom stereocenters. The molecule has 0 aromatic rings. The minimum Gasteiger partial charge on any atom is -0.462 e. The van der Waals surface area contributed by atoms with E-state index < -0.39 is 12.4 Å². The number of ether oxygens (including phenoxy) is 6. The van der Waals surface area contributed by atoms with Gasteiger partial charge < -0.3 is 33.5 Å². The second-order valence-corrected chi connectivity index (χ2v) is 14.8. The Bertz CT molecular complexity index is 1190. The van der Waals surface area contributed by atoms with Gasteiger partial charge in [0.15, 0.2) is 12.6 Å². The van der Waals surface area contributed by atoms with Crippen molar-refractivity contribution in [3.8, 4) is 0 Å². The number of carbonyl (C=O) groups is 2. The highest BCUT2D eigenvalue weighted by atomic mass is 16.7. The van der Waals surface area contributed by atoms with Gasteiger partial charge >= 0.3 is 11.9 Å². The van der Waals surface area contributed by atoms with Gasteiger partial charge in [0.1, 0.15) is 12.2 Å². The Kier molecular flexibility index (Phi) is 14.5. The van der Waals surface area contributed by atoms with Gasteiger partial charge in [0.25, 0.3) is 0 Å². The molecule has 9 heteroatoms. The monoisotopic (exact) mass is 672 g/mol. The number of hydrogen-bond donors (Lipinski definition) is 1. The molecule has 4 aliphatic heterocycles. The van der Waals surface area contributed by atoms with E-state index in [1.54, 1.807) is 0 Å². The molecule has 13 atom stereocenters. The van der Waals surface area contributed by atoms with E-state index >= 15 is 0 Å². The molecule has 3 saturated heterocycles.